The molecule has 4 atom stereocenters. The van der Waals surface area contributed by atoms with Crippen LogP contribution in [0.25, 0.3) is 0 Å². The van der Waals surface area contributed by atoms with Crippen LogP contribution >= 0.6 is 0 Å². The SMILES string of the molecule is CC1CCCC(NCC2CN(C)CCO2)C1C. The average molecular weight is 240 g/mol. The van der Waals surface area contributed by atoms with Gasteiger partial charge < -0.3 is 15.0 Å². The summed E-state index contributed by atoms with van der Waals surface area (Å²) in [6.07, 6.45) is 4.52. The Morgan fingerprint density at radius 3 is 2.88 bits per heavy atom. The van der Waals surface area contributed by atoms with Crippen molar-refractivity contribution < 1.29 is 4.74 Å². The van der Waals surface area contributed by atoms with Crippen molar-refractivity contribution in [2.45, 2.75) is 45.3 Å². The van der Waals surface area contributed by atoms with Crippen LogP contribution in [0.5, 0.6) is 0 Å². The van der Waals surface area contributed by atoms with E-state index in [1.54, 1.807) is 0 Å². The predicted molar refractivity (Wildman–Crippen MR) is 71.2 cm³/mol. The van der Waals surface area contributed by atoms with Gasteiger partial charge in [-0.1, -0.05) is 26.7 Å². The summed E-state index contributed by atoms with van der Waals surface area (Å²) >= 11 is 0. The Kier molecular flexibility index (Phi) is 4.83. The lowest BCUT2D eigenvalue weighted by Crippen LogP contribution is -2.49. The van der Waals surface area contributed by atoms with Crippen LogP contribution in [-0.4, -0.2) is 50.3 Å². The number of nitrogens with zero attached hydrogens (tertiary/aromatic N) is 1. The fourth-order valence-corrected chi connectivity index (χ4v) is 3.14. The molecule has 0 aromatic carbocycles. The van der Waals surface area contributed by atoms with Gasteiger partial charge in [0.05, 0.1) is 12.7 Å². The van der Waals surface area contributed by atoms with Crippen LogP contribution in [0.15, 0.2) is 0 Å². The zero-order valence-corrected chi connectivity index (χ0v) is 11.6. The summed E-state index contributed by atoms with van der Waals surface area (Å²) in [5.41, 5.74) is 0. The van der Waals surface area contributed by atoms with Gasteiger partial charge in [0, 0.05) is 25.7 Å². The first-order valence-corrected chi connectivity index (χ1v) is 7.20. The standard InChI is InChI=1S/C14H28N2O/c1-11-5-4-6-14(12(11)2)15-9-13-10-16(3)7-8-17-13/h11-15H,4-10H2,1-3H3. The van der Waals surface area contributed by atoms with E-state index >= 15 is 0 Å². The molecule has 2 aliphatic rings. The van der Waals surface area contributed by atoms with E-state index < -0.39 is 0 Å². The quantitative estimate of drug-likeness (QED) is 0.813. The molecular weight excluding hydrogens is 212 g/mol. The average Bonchev–Trinajstić information content (AvgIpc) is 2.31. The van der Waals surface area contributed by atoms with E-state index in [0.29, 0.717) is 12.1 Å². The summed E-state index contributed by atoms with van der Waals surface area (Å²) < 4.78 is 5.80. The van der Waals surface area contributed by atoms with Crippen LogP contribution in [0.3, 0.4) is 0 Å². The highest BCUT2D eigenvalue weighted by atomic mass is 16.5. The van der Waals surface area contributed by atoms with Crippen LogP contribution in [0.1, 0.15) is 33.1 Å². The molecule has 100 valence electrons. The highest BCUT2D eigenvalue weighted by molar-refractivity contribution is 4.83. The first-order chi connectivity index (χ1) is 8.16. The third-order valence-electron chi connectivity index (χ3n) is 4.66. The molecule has 0 amide bonds. The minimum atomic E-state index is 0.387. The lowest BCUT2D eigenvalue weighted by atomic mass is 9.78. The third-order valence-corrected chi connectivity index (χ3v) is 4.66. The second-order valence-corrected chi connectivity index (χ2v) is 6.04. The molecule has 0 aromatic rings. The van der Waals surface area contributed by atoms with Gasteiger partial charge in [-0.2, -0.15) is 0 Å². The smallest absolute Gasteiger partial charge is 0.0826 e. The van der Waals surface area contributed by atoms with Crippen molar-refractivity contribution >= 4 is 0 Å². The van der Waals surface area contributed by atoms with Crippen LogP contribution in [0.2, 0.25) is 0 Å². The van der Waals surface area contributed by atoms with Crippen LogP contribution < -0.4 is 5.32 Å². The van der Waals surface area contributed by atoms with E-state index in [1.165, 1.54) is 19.3 Å². The van der Waals surface area contributed by atoms with Gasteiger partial charge in [0.25, 0.3) is 0 Å². The maximum atomic E-state index is 5.80. The third kappa shape index (κ3) is 3.67. The number of nitrogens with one attached hydrogen (secondary N) is 1. The number of morpholine rings is 1. The molecule has 1 heterocycles. The highest BCUT2D eigenvalue weighted by Gasteiger charge is 2.27. The fourth-order valence-electron chi connectivity index (χ4n) is 3.14. The Labute approximate surface area is 106 Å². The van der Waals surface area contributed by atoms with Crippen LogP contribution in [0.4, 0.5) is 0 Å². The van der Waals surface area contributed by atoms with Crippen molar-refractivity contribution in [3.63, 3.8) is 0 Å². The second kappa shape index (κ2) is 6.17. The molecule has 17 heavy (non-hydrogen) atoms. The molecule has 1 N–H and O–H groups in total. The van der Waals surface area contributed by atoms with Crippen molar-refractivity contribution in [1.29, 1.82) is 0 Å². The van der Waals surface area contributed by atoms with Crippen molar-refractivity contribution in [2.75, 3.05) is 33.3 Å². The number of hydrogen-bond donors (Lipinski definition) is 1. The van der Waals surface area contributed by atoms with Gasteiger partial charge in [-0.05, 0) is 25.3 Å². The molecule has 0 radical (unpaired) electrons. The molecule has 1 aliphatic carbocycles. The Bertz CT molecular complexity index is 234. The molecule has 2 rings (SSSR count). The van der Waals surface area contributed by atoms with Gasteiger partial charge in [0.1, 0.15) is 0 Å². The van der Waals surface area contributed by atoms with Crippen LogP contribution in [-0.2, 0) is 4.74 Å². The Hall–Kier alpha value is -0.120. The summed E-state index contributed by atoms with van der Waals surface area (Å²) in [6, 6.07) is 0.703. The molecule has 3 heteroatoms. The summed E-state index contributed by atoms with van der Waals surface area (Å²) in [5.74, 6) is 1.68. The number of likely N-dealkylation sites (N-methyl/N-ethyl adjacent to an activating group) is 1. The Morgan fingerprint density at radius 1 is 1.29 bits per heavy atom. The molecular formula is C14H28N2O. The normalized spacial score (nSPS) is 40.4. The molecule has 3 nitrogen and oxygen atoms in total. The zero-order valence-electron chi connectivity index (χ0n) is 11.6. The Morgan fingerprint density at radius 2 is 2.12 bits per heavy atom. The van der Waals surface area contributed by atoms with E-state index in [1.807, 2.05) is 0 Å². The lowest BCUT2D eigenvalue weighted by molar-refractivity contribution is -0.0211. The number of rotatable bonds is 3. The van der Waals surface area contributed by atoms with E-state index in [9.17, 15) is 0 Å². The molecule has 0 aromatic heterocycles. The molecule has 1 aliphatic heterocycles. The Balaban J connectivity index is 1.73. The number of ether oxygens (including phenoxy) is 1. The highest BCUT2D eigenvalue weighted by Crippen LogP contribution is 2.29. The molecule has 2 fully saturated rings. The lowest BCUT2D eigenvalue weighted by Gasteiger charge is -2.37. The van der Waals surface area contributed by atoms with Gasteiger partial charge in [0.15, 0.2) is 0 Å². The molecule has 1 saturated heterocycles. The van der Waals surface area contributed by atoms with Gasteiger partial charge in [0.2, 0.25) is 0 Å². The largest absolute Gasteiger partial charge is 0.374 e. The first-order valence-electron chi connectivity index (χ1n) is 7.20. The monoisotopic (exact) mass is 240 g/mol. The summed E-state index contributed by atoms with van der Waals surface area (Å²) in [4.78, 5) is 2.36. The molecule has 0 spiro atoms. The van der Waals surface area contributed by atoms with Crippen molar-refractivity contribution in [1.82, 2.24) is 10.2 Å². The summed E-state index contributed by atoms with van der Waals surface area (Å²) in [6.45, 7) is 8.85. The summed E-state index contributed by atoms with van der Waals surface area (Å²) in [7, 11) is 2.18. The van der Waals surface area contributed by atoms with E-state index in [0.717, 1.165) is 38.1 Å². The molecule has 1 saturated carbocycles. The first kappa shape index (κ1) is 13.3. The summed E-state index contributed by atoms with van der Waals surface area (Å²) in [5, 5.41) is 3.74. The number of hydrogen-bond acceptors (Lipinski definition) is 3. The van der Waals surface area contributed by atoms with E-state index in [2.05, 4.69) is 31.1 Å². The molecule has 0 bridgehead atoms. The van der Waals surface area contributed by atoms with Crippen molar-refractivity contribution in [3.8, 4) is 0 Å². The predicted octanol–water partition coefficient (Wildman–Crippen LogP) is 1.73. The van der Waals surface area contributed by atoms with Gasteiger partial charge in [-0.3, -0.25) is 0 Å². The maximum Gasteiger partial charge on any atom is 0.0826 e. The van der Waals surface area contributed by atoms with E-state index in [4.69, 9.17) is 4.74 Å². The van der Waals surface area contributed by atoms with Crippen molar-refractivity contribution in [3.05, 3.63) is 0 Å². The second-order valence-electron chi connectivity index (χ2n) is 6.04. The van der Waals surface area contributed by atoms with Gasteiger partial charge >= 0.3 is 0 Å². The zero-order chi connectivity index (χ0) is 12.3. The molecule has 4 unspecified atom stereocenters. The van der Waals surface area contributed by atoms with Crippen LogP contribution in [0, 0.1) is 11.8 Å². The fraction of sp³-hybridized carbons (Fsp3) is 1.00. The van der Waals surface area contributed by atoms with Crippen molar-refractivity contribution in [2.24, 2.45) is 11.8 Å². The topological polar surface area (TPSA) is 24.5 Å². The minimum Gasteiger partial charge on any atom is -0.374 e. The maximum absolute atomic E-state index is 5.80. The van der Waals surface area contributed by atoms with E-state index in [-0.39, 0.29) is 0 Å². The van der Waals surface area contributed by atoms with Gasteiger partial charge in [-0.25, -0.2) is 0 Å². The minimum absolute atomic E-state index is 0.387. The van der Waals surface area contributed by atoms with Gasteiger partial charge in [-0.15, -0.1) is 0 Å².